The summed E-state index contributed by atoms with van der Waals surface area (Å²) in [6.07, 6.45) is 9.01. The Hall–Kier alpha value is -1.36. The SMILES string of the molecule is C1=C[C@@H](OCc2ccccc2)[C@@H]2OC3(CCCCC3)OC[C@H]2O1. The third-order valence-corrected chi connectivity index (χ3v) is 4.97. The molecule has 2 fully saturated rings. The van der Waals surface area contributed by atoms with Crippen molar-refractivity contribution in [2.45, 2.75) is 62.8 Å². The van der Waals surface area contributed by atoms with Gasteiger partial charge in [0.15, 0.2) is 11.9 Å². The summed E-state index contributed by atoms with van der Waals surface area (Å²) in [5, 5.41) is 0. The molecule has 0 unspecified atom stereocenters. The van der Waals surface area contributed by atoms with Crippen LogP contribution >= 0.6 is 0 Å². The maximum Gasteiger partial charge on any atom is 0.169 e. The maximum absolute atomic E-state index is 6.40. The highest BCUT2D eigenvalue weighted by molar-refractivity contribution is 5.14. The Balaban J connectivity index is 1.44. The number of ether oxygens (including phenoxy) is 4. The van der Waals surface area contributed by atoms with Crippen LogP contribution in [0.4, 0.5) is 0 Å². The smallest absolute Gasteiger partial charge is 0.169 e. The third-order valence-electron chi connectivity index (χ3n) is 4.97. The first kappa shape index (κ1) is 15.2. The Morgan fingerprint density at radius 3 is 2.74 bits per heavy atom. The molecule has 1 aromatic rings. The van der Waals surface area contributed by atoms with Crippen LogP contribution in [0.3, 0.4) is 0 Å². The van der Waals surface area contributed by atoms with Crippen molar-refractivity contribution in [2.75, 3.05) is 6.61 Å². The van der Waals surface area contributed by atoms with Gasteiger partial charge in [0.05, 0.1) is 19.5 Å². The first-order chi connectivity index (χ1) is 11.3. The van der Waals surface area contributed by atoms with E-state index in [-0.39, 0.29) is 18.3 Å². The summed E-state index contributed by atoms with van der Waals surface area (Å²) in [7, 11) is 0. The fourth-order valence-electron chi connectivity index (χ4n) is 3.69. The molecule has 1 saturated heterocycles. The van der Waals surface area contributed by atoms with E-state index in [1.165, 1.54) is 24.8 Å². The lowest BCUT2D eigenvalue weighted by Gasteiger charge is -2.48. The van der Waals surface area contributed by atoms with Crippen LogP contribution in [0.1, 0.15) is 37.7 Å². The summed E-state index contributed by atoms with van der Waals surface area (Å²) in [5.41, 5.74) is 1.17. The monoisotopic (exact) mass is 316 g/mol. The number of hydrogen-bond acceptors (Lipinski definition) is 4. The van der Waals surface area contributed by atoms with Crippen LogP contribution in [0.5, 0.6) is 0 Å². The van der Waals surface area contributed by atoms with Gasteiger partial charge in [-0.15, -0.1) is 0 Å². The lowest BCUT2D eigenvalue weighted by atomic mass is 9.91. The van der Waals surface area contributed by atoms with Crippen molar-refractivity contribution in [3.05, 3.63) is 48.2 Å². The number of fused-ring (bicyclic) bond motifs is 1. The quantitative estimate of drug-likeness (QED) is 0.854. The number of hydrogen-bond donors (Lipinski definition) is 0. The molecule has 1 aromatic carbocycles. The Bertz CT molecular complexity index is 536. The molecule has 0 amide bonds. The van der Waals surface area contributed by atoms with E-state index in [1.54, 1.807) is 6.26 Å². The summed E-state index contributed by atoms with van der Waals surface area (Å²) in [5.74, 6) is -0.414. The zero-order valence-corrected chi connectivity index (χ0v) is 13.4. The molecule has 2 heterocycles. The van der Waals surface area contributed by atoms with Crippen LogP contribution in [-0.2, 0) is 25.6 Å². The van der Waals surface area contributed by atoms with E-state index in [0.717, 1.165) is 12.8 Å². The van der Waals surface area contributed by atoms with Crippen LogP contribution < -0.4 is 0 Å². The van der Waals surface area contributed by atoms with Crippen LogP contribution in [0.2, 0.25) is 0 Å². The summed E-state index contributed by atoms with van der Waals surface area (Å²) in [6.45, 7) is 1.16. The molecule has 0 aromatic heterocycles. The van der Waals surface area contributed by atoms with Crippen molar-refractivity contribution in [1.29, 1.82) is 0 Å². The zero-order chi connectivity index (χ0) is 15.5. The Morgan fingerprint density at radius 1 is 1.09 bits per heavy atom. The topological polar surface area (TPSA) is 36.9 Å². The van der Waals surface area contributed by atoms with Gasteiger partial charge in [0.25, 0.3) is 0 Å². The molecule has 1 saturated carbocycles. The highest BCUT2D eigenvalue weighted by atomic mass is 16.7. The minimum Gasteiger partial charge on any atom is -0.493 e. The largest absolute Gasteiger partial charge is 0.493 e. The summed E-state index contributed by atoms with van der Waals surface area (Å²) in [4.78, 5) is 0. The van der Waals surface area contributed by atoms with Crippen LogP contribution in [0, 0.1) is 0 Å². The minimum atomic E-state index is -0.414. The van der Waals surface area contributed by atoms with Gasteiger partial charge >= 0.3 is 0 Å². The van der Waals surface area contributed by atoms with Crippen molar-refractivity contribution in [1.82, 2.24) is 0 Å². The average Bonchev–Trinajstić information content (AvgIpc) is 2.61. The first-order valence-corrected chi connectivity index (χ1v) is 8.64. The number of benzene rings is 1. The second kappa shape index (κ2) is 6.63. The van der Waals surface area contributed by atoms with Gasteiger partial charge in [0.2, 0.25) is 0 Å². The Kier molecular flexibility index (Phi) is 4.38. The van der Waals surface area contributed by atoms with E-state index in [0.29, 0.717) is 13.2 Å². The lowest BCUT2D eigenvalue weighted by Crippen LogP contribution is -2.58. The van der Waals surface area contributed by atoms with Crippen molar-refractivity contribution >= 4 is 0 Å². The molecule has 124 valence electrons. The molecule has 4 rings (SSSR count). The van der Waals surface area contributed by atoms with Gasteiger partial charge in [-0.3, -0.25) is 0 Å². The summed E-state index contributed by atoms with van der Waals surface area (Å²) < 4.78 is 24.3. The molecule has 3 aliphatic rings. The van der Waals surface area contributed by atoms with Crippen molar-refractivity contribution in [2.24, 2.45) is 0 Å². The fraction of sp³-hybridized carbons (Fsp3) is 0.579. The van der Waals surface area contributed by atoms with Crippen LogP contribution in [0.15, 0.2) is 42.7 Å². The fourth-order valence-corrected chi connectivity index (χ4v) is 3.69. The highest BCUT2D eigenvalue weighted by Crippen LogP contribution is 2.39. The minimum absolute atomic E-state index is 0.0756. The molecule has 0 bridgehead atoms. The maximum atomic E-state index is 6.40. The molecule has 4 heteroatoms. The summed E-state index contributed by atoms with van der Waals surface area (Å²) in [6, 6.07) is 10.2. The van der Waals surface area contributed by atoms with Gasteiger partial charge in [-0.05, 0) is 24.5 Å². The molecule has 0 radical (unpaired) electrons. The van der Waals surface area contributed by atoms with Crippen LogP contribution in [-0.4, -0.2) is 30.7 Å². The van der Waals surface area contributed by atoms with Crippen molar-refractivity contribution < 1.29 is 18.9 Å². The van der Waals surface area contributed by atoms with E-state index in [9.17, 15) is 0 Å². The zero-order valence-electron chi connectivity index (χ0n) is 13.4. The second-order valence-corrected chi connectivity index (χ2v) is 6.63. The second-order valence-electron chi connectivity index (χ2n) is 6.63. The molecule has 2 aliphatic heterocycles. The van der Waals surface area contributed by atoms with Crippen molar-refractivity contribution in [3.8, 4) is 0 Å². The summed E-state index contributed by atoms with van der Waals surface area (Å²) >= 11 is 0. The number of rotatable bonds is 3. The van der Waals surface area contributed by atoms with Gasteiger partial charge in [-0.25, -0.2) is 0 Å². The Labute approximate surface area is 137 Å². The van der Waals surface area contributed by atoms with E-state index in [2.05, 4.69) is 12.1 Å². The van der Waals surface area contributed by atoms with E-state index < -0.39 is 5.79 Å². The van der Waals surface area contributed by atoms with Gasteiger partial charge in [-0.1, -0.05) is 36.8 Å². The molecular weight excluding hydrogens is 292 g/mol. The van der Waals surface area contributed by atoms with Crippen LogP contribution in [0.25, 0.3) is 0 Å². The third kappa shape index (κ3) is 3.30. The molecule has 23 heavy (non-hydrogen) atoms. The molecular formula is C19H24O4. The van der Waals surface area contributed by atoms with Gasteiger partial charge in [0, 0.05) is 12.8 Å². The van der Waals surface area contributed by atoms with Gasteiger partial charge < -0.3 is 18.9 Å². The normalized spacial score (nSPS) is 32.3. The van der Waals surface area contributed by atoms with Gasteiger partial charge in [-0.2, -0.15) is 0 Å². The molecule has 3 atom stereocenters. The molecule has 4 nitrogen and oxygen atoms in total. The van der Waals surface area contributed by atoms with Crippen molar-refractivity contribution in [3.63, 3.8) is 0 Å². The first-order valence-electron chi connectivity index (χ1n) is 8.64. The van der Waals surface area contributed by atoms with Gasteiger partial charge in [0.1, 0.15) is 12.2 Å². The van der Waals surface area contributed by atoms with E-state index in [1.807, 2.05) is 24.3 Å². The molecule has 1 spiro atoms. The Morgan fingerprint density at radius 2 is 1.91 bits per heavy atom. The average molecular weight is 316 g/mol. The highest BCUT2D eigenvalue weighted by Gasteiger charge is 2.48. The molecule has 1 aliphatic carbocycles. The predicted molar refractivity (Wildman–Crippen MR) is 85.7 cm³/mol. The predicted octanol–water partition coefficient (Wildman–Crippen LogP) is 3.56. The van der Waals surface area contributed by atoms with E-state index in [4.69, 9.17) is 18.9 Å². The molecule has 0 N–H and O–H groups in total. The van der Waals surface area contributed by atoms with E-state index >= 15 is 0 Å². The standard InChI is InChI=1S/C19H24O4/c1-3-7-15(8-4-1)13-21-16-9-12-20-17-14-22-19(23-18(16)17)10-5-2-6-11-19/h1,3-4,7-9,12,16-18H,2,5-6,10-11,13-14H2/t16-,17-,18+/m1/s1. The lowest BCUT2D eigenvalue weighted by molar-refractivity contribution is -0.346.